The molecule has 0 radical (unpaired) electrons. The van der Waals surface area contributed by atoms with Crippen LogP contribution >= 0.6 is 0 Å². The zero-order valence-electron chi connectivity index (χ0n) is 7.57. The Balaban J connectivity index is 1.71. The lowest BCUT2D eigenvalue weighted by Crippen LogP contribution is -2.61. The van der Waals surface area contributed by atoms with Crippen LogP contribution in [0.5, 0.6) is 0 Å². The average Bonchev–Trinajstić information content (AvgIpc) is 1.90. The number of nitrogens with zero attached hydrogens (tertiary/aromatic N) is 1. The summed E-state index contributed by atoms with van der Waals surface area (Å²) in [5, 5.41) is 17.6. The van der Waals surface area contributed by atoms with E-state index in [1.165, 1.54) is 19.3 Å². The molecule has 0 aromatic rings. The van der Waals surface area contributed by atoms with E-state index >= 15 is 0 Å². The van der Waals surface area contributed by atoms with Gasteiger partial charge < -0.3 is 10.2 Å². The van der Waals surface area contributed by atoms with Crippen molar-refractivity contribution in [1.82, 2.24) is 4.90 Å². The smallest absolute Gasteiger partial charge is 0.333 e. The maximum Gasteiger partial charge on any atom is 0.333 e. The molecule has 1 spiro atoms. The van der Waals surface area contributed by atoms with Crippen molar-refractivity contribution in [2.45, 2.75) is 25.4 Å². The molecule has 1 heterocycles. The van der Waals surface area contributed by atoms with Gasteiger partial charge in [-0.05, 0) is 18.3 Å². The van der Waals surface area contributed by atoms with Crippen LogP contribution in [0.25, 0.3) is 0 Å². The molecule has 2 aliphatic rings. The van der Waals surface area contributed by atoms with Crippen LogP contribution in [0.4, 0.5) is 0 Å². The van der Waals surface area contributed by atoms with Crippen molar-refractivity contribution in [3.05, 3.63) is 0 Å². The van der Waals surface area contributed by atoms with Gasteiger partial charge in [-0.2, -0.15) is 0 Å². The van der Waals surface area contributed by atoms with Gasteiger partial charge in [0.15, 0.2) is 6.10 Å². The molecule has 74 valence electrons. The molecule has 1 saturated carbocycles. The number of hydrogen-bond donors (Lipinski definition) is 2. The van der Waals surface area contributed by atoms with Crippen molar-refractivity contribution >= 4 is 5.97 Å². The van der Waals surface area contributed by atoms with Crippen LogP contribution in [0.3, 0.4) is 0 Å². The normalized spacial score (nSPS) is 27.8. The van der Waals surface area contributed by atoms with Crippen LogP contribution in [0.2, 0.25) is 0 Å². The van der Waals surface area contributed by atoms with E-state index in [2.05, 4.69) is 0 Å². The first-order valence-corrected chi connectivity index (χ1v) is 4.75. The van der Waals surface area contributed by atoms with Crippen LogP contribution in [0.15, 0.2) is 0 Å². The van der Waals surface area contributed by atoms with Gasteiger partial charge in [0.25, 0.3) is 0 Å². The van der Waals surface area contributed by atoms with E-state index in [9.17, 15) is 4.79 Å². The minimum absolute atomic E-state index is 0.289. The first-order valence-electron chi connectivity index (χ1n) is 4.75. The third-order valence-corrected chi connectivity index (χ3v) is 3.25. The number of rotatable bonds is 3. The fourth-order valence-electron chi connectivity index (χ4n) is 2.35. The number of carboxylic acid groups (broad SMARTS) is 1. The standard InChI is InChI=1S/C9H15NO3/c11-7(8(12)13)4-10-5-9(6-10)2-1-3-9/h7,11H,1-6H2,(H,12,13). The van der Waals surface area contributed by atoms with Crippen LogP contribution in [0.1, 0.15) is 19.3 Å². The maximum atomic E-state index is 10.3. The Morgan fingerprint density at radius 2 is 2.08 bits per heavy atom. The van der Waals surface area contributed by atoms with Gasteiger partial charge in [-0.25, -0.2) is 4.79 Å². The predicted octanol–water partition coefficient (Wildman–Crippen LogP) is -0.0822. The summed E-state index contributed by atoms with van der Waals surface area (Å²) in [6.45, 7) is 2.26. The van der Waals surface area contributed by atoms with Gasteiger partial charge in [-0.15, -0.1) is 0 Å². The molecule has 1 saturated heterocycles. The highest BCUT2D eigenvalue weighted by Gasteiger charge is 2.47. The second-order valence-corrected chi connectivity index (χ2v) is 4.38. The molecule has 4 heteroatoms. The molecular formula is C9H15NO3. The van der Waals surface area contributed by atoms with Crippen molar-refractivity contribution in [2.75, 3.05) is 19.6 Å². The number of likely N-dealkylation sites (tertiary alicyclic amines) is 1. The molecule has 1 atom stereocenters. The molecule has 0 aromatic carbocycles. The minimum atomic E-state index is -1.21. The Hall–Kier alpha value is -0.610. The zero-order chi connectivity index (χ0) is 9.47. The predicted molar refractivity (Wildman–Crippen MR) is 46.4 cm³/mol. The second kappa shape index (κ2) is 2.96. The van der Waals surface area contributed by atoms with Crippen LogP contribution in [0, 0.1) is 5.41 Å². The lowest BCUT2D eigenvalue weighted by atomic mass is 9.63. The van der Waals surface area contributed by atoms with Crippen LogP contribution < -0.4 is 0 Å². The SMILES string of the molecule is O=C(O)C(O)CN1CC2(CCC2)C1. The molecule has 2 rings (SSSR count). The quantitative estimate of drug-likeness (QED) is 0.645. The highest BCUT2D eigenvalue weighted by Crippen LogP contribution is 2.47. The number of aliphatic carboxylic acids is 1. The molecule has 2 fully saturated rings. The molecule has 1 unspecified atom stereocenters. The first kappa shape index (κ1) is 8.97. The molecular weight excluding hydrogens is 170 g/mol. The van der Waals surface area contributed by atoms with E-state index in [4.69, 9.17) is 10.2 Å². The number of aliphatic hydroxyl groups is 1. The van der Waals surface area contributed by atoms with E-state index in [-0.39, 0.29) is 6.54 Å². The summed E-state index contributed by atoms with van der Waals surface area (Å²) in [7, 11) is 0. The van der Waals surface area contributed by atoms with Gasteiger partial charge in [0.05, 0.1) is 0 Å². The fourth-order valence-corrected chi connectivity index (χ4v) is 2.35. The maximum absolute atomic E-state index is 10.3. The van der Waals surface area contributed by atoms with Gasteiger partial charge in [-0.1, -0.05) is 6.42 Å². The number of aliphatic hydroxyl groups excluding tert-OH is 1. The molecule has 13 heavy (non-hydrogen) atoms. The van der Waals surface area contributed by atoms with E-state index in [1.54, 1.807) is 0 Å². The van der Waals surface area contributed by atoms with Gasteiger partial charge in [0.1, 0.15) is 0 Å². The van der Waals surface area contributed by atoms with Gasteiger partial charge >= 0.3 is 5.97 Å². The Labute approximate surface area is 77.2 Å². The molecule has 2 N–H and O–H groups in total. The number of carbonyl (C=O) groups is 1. The first-order chi connectivity index (χ1) is 6.11. The Kier molecular flexibility index (Phi) is 2.04. The summed E-state index contributed by atoms with van der Waals surface area (Å²) in [4.78, 5) is 12.4. The summed E-state index contributed by atoms with van der Waals surface area (Å²) >= 11 is 0. The molecule has 0 bridgehead atoms. The molecule has 1 aliphatic carbocycles. The van der Waals surface area contributed by atoms with Gasteiger partial charge in [0, 0.05) is 19.6 Å². The third kappa shape index (κ3) is 1.56. The Morgan fingerprint density at radius 1 is 1.46 bits per heavy atom. The van der Waals surface area contributed by atoms with Crippen molar-refractivity contribution in [1.29, 1.82) is 0 Å². The van der Waals surface area contributed by atoms with Crippen molar-refractivity contribution in [3.63, 3.8) is 0 Å². The van der Waals surface area contributed by atoms with E-state index in [0.717, 1.165) is 13.1 Å². The topological polar surface area (TPSA) is 60.8 Å². The third-order valence-electron chi connectivity index (χ3n) is 3.25. The highest BCUT2D eigenvalue weighted by molar-refractivity contribution is 5.72. The monoisotopic (exact) mass is 185 g/mol. The number of hydrogen-bond acceptors (Lipinski definition) is 3. The largest absolute Gasteiger partial charge is 0.479 e. The fraction of sp³-hybridized carbons (Fsp3) is 0.889. The van der Waals surface area contributed by atoms with Crippen LogP contribution in [-0.2, 0) is 4.79 Å². The summed E-state index contributed by atoms with van der Waals surface area (Å²) < 4.78 is 0. The Morgan fingerprint density at radius 3 is 2.46 bits per heavy atom. The molecule has 4 nitrogen and oxygen atoms in total. The summed E-state index contributed by atoms with van der Waals surface area (Å²) in [5.41, 5.74) is 0.512. The van der Waals surface area contributed by atoms with Crippen molar-refractivity contribution in [2.24, 2.45) is 5.41 Å². The molecule has 0 amide bonds. The average molecular weight is 185 g/mol. The lowest BCUT2D eigenvalue weighted by Gasteiger charge is -2.56. The van der Waals surface area contributed by atoms with Gasteiger partial charge in [0.2, 0.25) is 0 Å². The van der Waals surface area contributed by atoms with E-state index < -0.39 is 12.1 Å². The zero-order valence-corrected chi connectivity index (χ0v) is 7.57. The summed E-state index contributed by atoms with van der Waals surface area (Å²) in [6.07, 6.45) is 2.67. The van der Waals surface area contributed by atoms with Crippen LogP contribution in [-0.4, -0.2) is 46.8 Å². The summed E-state index contributed by atoms with van der Waals surface area (Å²) in [6, 6.07) is 0. The number of β-amino-alcohol motifs (C(OH)–C–C–N with tert-alkyl or cyclic N) is 1. The number of carboxylic acids is 1. The van der Waals surface area contributed by atoms with E-state index in [0.29, 0.717) is 5.41 Å². The molecule has 1 aliphatic heterocycles. The summed E-state index contributed by atoms with van der Waals surface area (Å²) in [5.74, 6) is -1.12. The lowest BCUT2D eigenvalue weighted by molar-refractivity contribution is -0.151. The van der Waals surface area contributed by atoms with Crippen molar-refractivity contribution in [3.8, 4) is 0 Å². The second-order valence-electron chi connectivity index (χ2n) is 4.38. The Bertz CT molecular complexity index is 217. The van der Waals surface area contributed by atoms with Crippen molar-refractivity contribution < 1.29 is 15.0 Å². The van der Waals surface area contributed by atoms with Gasteiger partial charge in [-0.3, -0.25) is 4.90 Å². The molecule has 0 aromatic heterocycles. The highest BCUT2D eigenvalue weighted by atomic mass is 16.4. The van der Waals surface area contributed by atoms with E-state index in [1.807, 2.05) is 4.90 Å². The minimum Gasteiger partial charge on any atom is -0.479 e.